The van der Waals surface area contributed by atoms with Crippen LogP contribution in [0.2, 0.25) is 5.02 Å². The predicted molar refractivity (Wildman–Crippen MR) is 59.4 cm³/mol. The summed E-state index contributed by atoms with van der Waals surface area (Å²) >= 11 is 5.75. The van der Waals surface area contributed by atoms with Crippen LogP contribution in [0.15, 0.2) is 30.5 Å². The number of aromatic amines is 1. The van der Waals surface area contributed by atoms with Crippen molar-refractivity contribution in [2.45, 2.75) is 0 Å². The van der Waals surface area contributed by atoms with Crippen molar-refractivity contribution in [3.05, 3.63) is 41.0 Å². The monoisotopic (exact) mass is 237 g/mol. The van der Waals surface area contributed by atoms with Crippen molar-refractivity contribution in [1.82, 2.24) is 10.2 Å². The lowest BCUT2D eigenvalue weighted by Crippen LogP contribution is -2.09. The third-order valence-electron chi connectivity index (χ3n) is 1.90. The van der Waals surface area contributed by atoms with Crippen molar-refractivity contribution >= 4 is 23.4 Å². The third kappa shape index (κ3) is 2.14. The Hall–Kier alpha value is -2.01. The molecule has 1 heterocycles. The Labute approximate surface area is 96.2 Å². The summed E-state index contributed by atoms with van der Waals surface area (Å²) in [4.78, 5) is 11.6. The number of nitrogens with zero attached hydrogens (tertiary/aromatic N) is 1. The summed E-state index contributed by atoms with van der Waals surface area (Å²) in [5, 5.41) is 6.56. The molecule has 0 saturated heterocycles. The van der Waals surface area contributed by atoms with E-state index in [1.165, 1.54) is 12.3 Å². The Balaban J connectivity index is 2.17. The van der Waals surface area contributed by atoms with Crippen molar-refractivity contribution in [3.8, 4) is 5.75 Å². The molecule has 0 radical (unpaired) electrons. The number of rotatable bonds is 2. The van der Waals surface area contributed by atoms with Crippen molar-refractivity contribution < 1.29 is 9.53 Å². The van der Waals surface area contributed by atoms with E-state index in [0.29, 0.717) is 10.8 Å². The van der Waals surface area contributed by atoms with Crippen LogP contribution in [0.1, 0.15) is 10.4 Å². The second kappa shape index (κ2) is 4.24. The van der Waals surface area contributed by atoms with Crippen LogP contribution in [0, 0.1) is 0 Å². The van der Waals surface area contributed by atoms with Crippen molar-refractivity contribution in [1.29, 1.82) is 0 Å². The summed E-state index contributed by atoms with van der Waals surface area (Å²) < 4.78 is 5.06. The molecule has 2 aromatic rings. The average molecular weight is 238 g/mol. The molecule has 0 bridgehead atoms. The number of esters is 1. The first-order valence-electron chi connectivity index (χ1n) is 4.43. The van der Waals surface area contributed by atoms with Crippen LogP contribution in [0.25, 0.3) is 0 Å². The fraction of sp³-hybridized carbons (Fsp3) is 0. The number of nitrogens with one attached hydrogen (secondary N) is 1. The first-order chi connectivity index (χ1) is 7.66. The third-order valence-corrected chi connectivity index (χ3v) is 2.13. The topological polar surface area (TPSA) is 81.0 Å². The lowest BCUT2D eigenvalue weighted by Gasteiger charge is -2.03. The van der Waals surface area contributed by atoms with Gasteiger partial charge in [-0.15, -0.1) is 0 Å². The molecule has 0 spiro atoms. The zero-order valence-electron chi connectivity index (χ0n) is 8.11. The van der Waals surface area contributed by atoms with E-state index in [1.54, 1.807) is 18.2 Å². The van der Waals surface area contributed by atoms with Crippen molar-refractivity contribution in [2.24, 2.45) is 0 Å². The molecule has 2 rings (SSSR count). The molecule has 82 valence electrons. The number of ether oxygens (including phenoxy) is 1. The van der Waals surface area contributed by atoms with Crippen LogP contribution in [-0.4, -0.2) is 16.2 Å². The van der Waals surface area contributed by atoms with Gasteiger partial charge in [0.15, 0.2) is 0 Å². The van der Waals surface area contributed by atoms with Gasteiger partial charge in [0.05, 0.1) is 6.20 Å². The zero-order valence-corrected chi connectivity index (χ0v) is 8.86. The van der Waals surface area contributed by atoms with Gasteiger partial charge in [-0.3, -0.25) is 5.10 Å². The Kier molecular flexibility index (Phi) is 2.78. The van der Waals surface area contributed by atoms with Crippen molar-refractivity contribution in [2.75, 3.05) is 5.73 Å². The molecule has 1 aromatic heterocycles. The number of hydrogen-bond acceptors (Lipinski definition) is 4. The molecular formula is C10H8ClN3O2. The number of H-pyrrole nitrogens is 1. The van der Waals surface area contributed by atoms with Crippen LogP contribution in [0.3, 0.4) is 0 Å². The number of anilines is 1. The Morgan fingerprint density at radius 1 is 1.50 bits per heavy atom. The smallest absolute Gasteiger partial charge is 0.348 e. The largest absolute Gasteiger partial charge is 0.423 e. The minimum atomic E-state index is -0.575. The maximum Gasteiger partial charge on any atom is 0.348 e. The van der Waals surface area contributed by atoms with Crippen LogP contribution in [0.5, 0.6) is 5.75 Å². The lowest BCUT2D eigenvalue weighted by atomic mass is 10.3. The Morgan fingerprint density at radius 2 is 2.31 bits per heavy atom. The minimum Gasteiger partial charge on any atom is -0.423 e. The van der Waals surface area contributed by atoms with Crippen LogP contribution in [0.4, 0.5) is 5.82 Å². The molecule has 0 fully saturated rings. The van der Waals surface area contributed by atoms with E-state index >= 15 is 0 Å². The number of aromatic nitrogens is 2. The summed E-state index contributed by atoms with van der Waals surface area (Å²) in [5.74, 6) is -0.0429. The number of nitrogens with two attached hydrogens (primary N) is 1. The van der Waals surface area contributed by atoms with E-state index in [-0.39, 0.29) is 11.4 Å². The molecule has 0 saturated carbocycles. The summed E-state index contributed by atoms with van der Waals surface area (Å²) in [6, 6.07) is 6.53. The first kappa shape index (κ1) is 10.5. The van der Waals surface area contributed by atoms with Gasteiger partial charge in [0, 0.05) is 5.02 Å². The van der Waals surface area contributed by atoms with Gasteiger partial charge in [-0.2, -0.15) is 5.10 Å². The highest BCUT2D eigenvalue weighted by Gasteiger charge is 2.13. The maximum atomic E-state index is 11.6. The average Bonchev–Trinajstić information content (AvgIpc) is 2.64. The van der Waals surface area contributed by atoms with Crippen molar-refractivity contribution in [3.63, 3.8) is 0 Å². The van der Waals surface area contributed by atoms with E-state index in [9.17, 15) is 4.79 Å². The molecule has 6 heteroatoms. The lowest BCUT2D eigenvalue weighted by molar-refractivity contribution is 0.0736. The van der Waals surface area contributed by atoms with Gasteiger partial charge in [0.25, 0.3) is 0 Å². The number of carbonyl (C=O) groups excluding carboxylic acids is 1. The number of benzene rings is 1. The van der Waals surface area contributed by atoms with E-state index in [4.69, 9.17) is 22.1 Å². The highest BCUT2D eigenvalue weighted by molar-refractivity contribution is 6.30. The summed E-state index contributed by atoms with van der Waals surface area (Å²) in [5.41, 5.74) is 5.67. The number of hydrogen-bond donors (Lipinski definition) is 2. The number of carbonyl (C=O) groups is 1. The molecule has 5 nitrogen and oxygen atoms in total. The molecule has 0 unspecified atom stereocenters. The quantitative estimate of drug-likeness (QED) is 0.617. The Morgan fingerprint density at radius 3 is 2.94 bits per heavy atom. The molecule has 0 aliphatic heterocycles. The van der Waals surface area contributed by atoms with Gasteiger partial charge >= 0.3 is 5.97 Å². The van der Waals surface area contributed by atoms with Crippen LogP contribution < -0.4 is 10.5 Å². The standard InChI is InChI=1S/C10H8ClN3O2/c11-6-2-1-3-7(4-6)16-10(15)8-5-13-14-9(8)12/h1-5H,(H3,12,13,14). The fourth-order valence-corrected chi connectivity index (χ4v) is 1.33. The normalized spacial score (nSPS) is 10.1. The van der Waals surface area contributed by atoms with Gasteiger partial charge in [0.1, 0.15) is 17.1 Å². The predicted octanol–water partition coefficient (Wildman–Crippen LogP) is 1.86. The molecular weight excluding hydrogens is 230 g/mol. The van der Waals surface area contributed by atoms with Crippen LogP contribution >= 0.6 is 11.6 Å². The van der Waals surface area contributed by atoms with Gasteiger partial charge in [-0.1, -0.05) is 17.7 Å². The van der Waals surface area contributed by atoms with Gasteiger partial charge < -0.3 is 10.5 Å². The highest BCUT2D eigenvalue weighted by atomic mass is 35.5. The minimum absolute atomic E-state index is 0.173. The number of nitrogen functional groups attached to an aromatic ring is 1. The summed E-state index contributed by atoms with van der Waals surface area (Å²) in [7, 11) is 0. The van der Waals surface area contributed by atoms with E-state index in [0.717, 1.165) is 0 Å². The molecule has 0 atom stereocenters. The van der Waals surface area contributed by atoms with Gasteiger partial charge in [0.2, 0.25) is 0 Å². The first-order valence-corrected chi connectivity index (χ1v) is 4.81. The molecule has 1 aromatic carbocycles. The molecule has 3 N–H and O–H groups in total. The Bertz CT molecular complexity index is 524. The van der Waals surface area contributed by atoms with E-state index < -0.39 is 5.97 Å². The summed E-state index contributed by atoms with van der Waals surface area (Å²) in [6.45, 7) is 0. The fourth-order valence-electron chi connectivity index (χ4n) is 1.15. The van der Waals surface area contributed by atoms with Gasteiger partial charge in [-0.05, 0) is 18.2 Å². The van der Waals surface area contributed by atoms with Crippen LogP contribution in [-0.2, 0) is 0 Å². The second-order valence-electron chi connectivity index (χ2n) is 3.04. The highest BCUT2D eigenvalue weighted by Crippen LogP contribution is 2.19. The number of halogens is 1. The van der Waals surface area contributed by atoms with E-state index in [1.807, 2.05) is 0 Å². The maximum absolute atomic E-state index is 11.6. The molecule has 0 aliphatic rings. The summed E-state index contributed by atoms with van der Waals surface area (Å²) in [6.07, 6.45) is 1.31. The molecule has 0 aliphatic carbocycles. The van der Waals surface area contributed by atoms with Gasteiger partial charge in [-0.25, -0.2) is 4.79 Å². The van der Waals surface area contributed by atoms with E-state index in [2.05, 4.69) is 10.2 Å². The SMILES string of the molecule is Nc1[nH]ncc1C(=O)Oc1cccc(Cl)c1. The molecule has 0 amide bonds. The second-order valence-corrected chi connectivity index (χ2v) is 3.48. The molecule has 16 heavy (non-hydrogen) atoms. The zero-order chi connectivity index (χ0) is 11.5.